The second kappa shape index (κ2) is 10.3. The molecule has 1 amide bonds. The predicted molar refractivity (Wildman–Crippen MR) is 136 cm³/mol. The summed E-state index contributed by atoms with van der Waals surface area (Å²) in [5, 5.41) is 9.12. The highest BCUT2D eigenvalue weighted by Gasteiger charge is 2.51. The summed E-state index contributed by atoms with van der Waals surface area (Å²) in [7, 11) is -0.735. The summed E-state index contributed by atoms with van der Waals surface area (Å²) in [6, 6.07) is 7.31. The Kier molecular flexibility index (Phi) is 8.25. The van der Waals surface area contributed by atoms with Crippen molar-refractivity contribution in [2.24, 2.45) is 0 Å². The summed E-state index contributed by atoms with van der Waals surface area (Å²) in [5.74, 6) is 0.814. The van der Waals surface area contributed by atoms with Crippen molar-refractivity contribution in [2.45, 2.75) is 96.4 Å². The number of rotatable bonds is 9. The normalized spacial score (nSPS) is 23.3. The molecule has 1 saturated heterocycles. The number of hydrogen-bond acceptors (Lipinski definition) is 5. The molecule has 1 aromatic carbocycles. The first-order chi connectivity index (χ1) is 15.8. The molecule has 3 rings (SSSR count). The number of likely N-dealkylation sites (tertiary alicyclic amines) is 1. The summed E-state index contributed by atoms with van der Waals surface area (Å²) in [6.07, 6.45) is 2.50. The van der Waals surface area contributed by atoms with Gasteiger partial charge in [0.25, 0.3) is 0 Å². The van der Waals surface area contributed by atoms with Crippen molar-refractivity contribution in [1.29, 1.82) is 5.26 Å². The first kappa shape index (κ1) is 27.2. The van der Waals surface area contributed by atoms with E-state index in [1.165, 1.54) is 0 Å². The van der Waals surface area contributed by atoms with Gasteiger partial charge >= 0.3 is 0 Å². The quantitative estimate of drug-likeness (QED) is 0.363. The lowest BCUT2D eigenvalue weighted by atomic mass is 9.84. The number of halogens is 1. The number of fused-ring (bicyclic) bond motifs is 1. The van der Waals surface area contributed by atoms with Gasteiger partial charge in [0.15, 0.2) is 0 Å². The fourth-order valence-corrected chi connectivity index (χ4v) is 5.87. The van der Waals surface area contributed by atoms with Crippen molar-refractivity contribution in [1.82, 2.24) is 4.90 Å². The maximum Gasteiger partial charge on any atom is 0.223 e. The van der Waals surface area contributed by atoms with Crippen LogP contribution in [0.1, 0.15) is 84.9 Å². The fraction of sp³-hybridized carbons (Fsp3) is 0.692. The smallest absolute Gasteiger partial charge is 0.223 e. The molecule has 34 heavy (non-hydrogen) atoms. The highest BCUT2D eigenvalue weighted by atomic mass is 35.7. The van der Waals surface area contributed by atoms with Crippen molar-refractivity contribution in [3.8, 4) is 11.8 Å². The average Bonchev–Trinajstić information content (AvgIpc) is 3.18. The molecule has 0 radical (unpaired) electrons. The minimum absolute atomic E-state index is 0.113. The molecule has 0 N–H and O–H groups in total. The van der Waals surface area contributed by atoms with Crippen LogP contribution in [-0.2, 0) is 14.3 Å². The SMILES string of the molecule is CCP(Cl)C(C)(C)OCCC(C)(C)O[C@H]1[C@H](N2CCCC2=O)c2cc(C#N)ccc2OC1(C)C. The number of carbonyl (C=O) groups is 1. The molecule has 0 aromatic heterocycles. The second-order valence-corrected chi connectivity index (χ2v) is 14.4. The molecule has 8 heteroatoms. The van der Waals surface area contributed by atoms with E-state index in [2.05, 4.69) is 13.0 Å². The number of nitriles is 1. The molecule has 0 aliphatic carbocycles. The van der Waals surface area contributed by atoms with Crippen LogP contribution in [0.3, 0.4) is 0 Å². The summed E-state index contributed by atoms with van der Waals surface area (Å²) >= 11 is 6.51. The largest absolute Gasteiger partial charge is 0.485 e. The van der Waals surface area contributed by atoms with Gasteiger partial charge in [0.2, 0.25) is 5.91 Å². The van der Waals surface area contributed by atoms with Crippen LogP contribution >= 0.6 is 18.5 Å². The third kappa shape index (κ3) is 5.88. The number of amides is 1. The van der Waals surface area contributed by atoms with Gasteiger partial charge in [0, 0.05) is 25.8 Å². The number of ether oxygens (including phenoxy) is 3. The van der Waals surface area contributed by atoms with E-state index >= 15 is 0 Å². The Balaban J connectivity index is 1.88. The highest BCUT2D eigenvalue weighted by Crippen LogP contribution is 2.54. The zero-order chi connectivity index (χ0) is 25.3. The zero-order valence-corrected chi connectivity index (χ0v) is 23.1. The molecule has 3 atom stereocenters. The monoisotopic (exact) mass is 508 g/mol. The number of benzene rings is 1. The van der Waals surface area contributed by atoms with Crippen LogP contribution in [0.25, 0.3) is 0 Å². The Morgan fingerprint density at radius 2 is 2.03 bits per heavy atom. The van der Waals surface area contributed by atoms with Gasteiger partial charge in [-0.15, -0.1) is 0 Å². The molecule has 188 valence electrons. The lowest BCUT2D eigenvalue weighted by Crippen LogP contribution is -2.57. The van der Waals surface area contributed by atoms with Gasteiger partial charge in [-0.3, -0.25) is 4.79 Å². The third-order valence-electron chi connectivity index (χ3n) is 6.72. The van der Waals surface area contributed by atoms with Crippen LogP contribution < -0.4 is 4.74 Å². The molecule has 0 spiro atoms. The minimum atomic E-state index is -0.735. The van der Waals surface area contributed by atoms with Gasteiger partial charge in [-0.25, -0.2) is 0 Å². The Hall–Kier alpha value is -1.38. The van der Waals surface area contributed by atoms with Gasteiger partial charge in [0.05, 0.1) is 35.2 Å². The Bertz CT molecular complexity index is 943. The van der Waals surface area contributed by atoms with Crippen LogP contribution in [0, 0.1) is 11.3 Å². The first-order valence-corrected chi connectivity index (χ1v) is 14.5. The summed E-state index contributed by atoms with van der Waals surface area (Å²) in [5.41, 5.74) is 0.163. The van der Waals surface area contributed by atoms with E-state index in [-0.39, 0.29) is 17.3 Å². The van der Waals surface area contributed by atoms with E-state index in [0.717, 1.165) is 18.1 Å². The van der Waals surface area contributed by atoms with E-state index in [1.54, 1.807) is 6.07 Å². The molecular weight excluding hydrogens is 471 g/mol. The molecule has 1 aromatic rings. The Morgan fingerprint density at radius 3 is 2.62 bits per heavy atom. The molecule has 1 unspecified atom stereocenters. The van der Waals surface area contributed by atoms with Gasteiger partial charge in [0.1, 0.15) is 17.5 Å². The molecule has 2 heterocycles. The second-order valence-electron chi connectivity index (χ2n) is 10.7. The van der Waals surface area contributed by atoms with Crippen LogP contribution in [0.5, 0.6) is 5.75 Å². The standard InChI is InChI=1S/C26H38ClN2O4P/c1-8-34(27)26(6,7)31-15-13-24(2,3)33-23-22(29-14-9-10-21(29)30)19-16-18(17-28)11-12-20(19)32-25(23,4)5/h11-12,16,22-23H,8-10,13-15H2,1-7H3/t22-,23+,34?/m1/s1. The predicted octanol–water partition coefficient (Wildman–Crippen LogP) is 6.35. The summed E-state index contributed by atoms with van der Waals surface area (Å²) in [6.45, 7) is 15.5. The number of nitrogens with zero attached hydrogens (tertiary/aromatic N) is 2. The lowest BCUT2D eigenvalue weighted by molar-refractivity contribution is -0.188. The number of carbonyl (C=O) groups excluding carboxylic acids is 1. The zero-order valence-electron chi connectivity index (χ0n) is 21.5. The number of hydrogen-bond donors (Lipinski definition) is 0. The van der Waals surface area contributed by atoms with Crippen LogP contribution in [-0.4, -0.2) is 52.8 Å². The maximum absolute atomic E-state index is 12.9. The van der Waals surface area contributed by atoms with Crippen LogP contribution in [0.2, 0.25) is 0 Å². The topological polar surface area (TPSA) is 71.8 Å². The van der Waals surface area contributed by atoms with Gasteiger partial charge < -0.3 is 19.1 Å². The van der Waals surface area contributed by atoms with Crippen LogP contribution in [0.15, 0.2) is 18.2 Å². The van der Waals surface area contributed by atoms with Crippen molar-refractivity contribution in [3.05, 3.63) is 29.3 Å². The molecule has 6 nitrogen and oxygen atoms in total. The van der Waals surface area contributed by atoms with Gasteiger partial charge in [-0.1, -0.05) is 18.2 Å². The van der Waals surface area contributed by atoms with E-state index in [4.69, 9.17) is 25.5 Å². The van der Waals surface area contributed by atoms with Gasteiger partial charge in [-0.2, -0.15) is 5.26 Å². The molecule has 0 bridgehead atoms. The van der Waals surface area contributed by atoms with Crippen molar-refractivity contribution >= 4 is 24.4 Å². The lowest BCUT2D eigenvalue weighted by Gasteiger charge is -2.50. The molecular formula is C26H38ClN2O4P. The van der Waals surface area contributed by atoms with Gasteiger partial charge in [-0.05, 0) is 78.7 Å². The maximum atomic E-state index is 12.9. The van der Waals surface area contributed by atoms with Crippen molar-refractivity contribution < 1.29 is 19.0 Å². The van der Waals surface area contributed by atoms with E-state index in [1.807, 2.05) is 58.6 Å². The van der Waals surface area contributed by atoms with Crippen LogP contribution in [0.4, 0.5) is 0 Å². The molecule has 2 aliphatic rings. The van der Waals surface area contributed by atoms with E-state index in [0.29, 0.717) is 37.3 Å². The summed E-state index contributed by atoms with van der Waals surface area (Å²) < 4.78 is 19.4. The van der Waals surface area contributed by atoms with E-state index in [9.17, 15) is 10.1 Å². The van der Waals surface area contributed by atoms with Crippen molar-refractivity contribution in [3.63, 3.8) is 0 Å². The fourth-order valence-electron chi connectivity index (χ4n) is 4.73. The van der Waals surface area contributed by atoms with E-state index < -0.39 is 24.6 Å². The molecule has 2 aliphatic heterocycles. The highest BCUT2D eigenvalue weighted by molar-refractivity contribution is 7.85. The molecule has 1 fully saturated rings. The Labute approximate surface area is 210 Å². The molecule has 0 saturated carbocycles. The average molecular weight is 509 g/mol. The third-order valence-corrected chi connectivity index (χ3v) is 10.5. The van der Waals surface area contributed by atoms with Crippen molar-refractivity contribution in [2.75, 3.05) is 19.3 Å². The Morgan fingerprint density at radius 1 is 1.32 bits per heavy atom. The first-order valence-electron chi connectivity index (χ1n) is 12.1. The minimum Gasteiger partial charge on any atom is -0.485 e. The summed E-state index contributed by atoms with van der Waals surface area (Å²) in [4.78, 5) is 14.8.